The van der Waals surface area contributed by atoms with Crippen LogP contribution in [0.2, 0.25) is 0 Å². The Bertz CT molecular complexity index is 718. The molecule has 0 amide bonds. The second kappa shape index (κ2) is 6.24. The molecule has 0 radical (unpaired) electrons. The van der Waals surface area contributed by atoms with Gasteiger partial charge in [-0.3, -0.25) is 4.98 Å². The molecule has 0 spiro atoms. The van der Waals surface area contributed by atoms with Gasteiger partial charge in [0.15, 0.2) is 0 Å². The lowest BCUT2D eigenvalue weighted by Gasteiger charge is -2.07. The molecule has 0 aliphatic carbocycles. The second-order valence-corrected chi connectivity index (χ2v) is 6.36. The zero-order valence-corrected chi connectivity index (χ0v) is 13.3. The number of nitrogens with two attached hydrogens (primary N) is 1. The topological polar surface area (TPSA) is 63.8 Å². The molecule has 3 aromatic rings. The van der Waals surface area contributed by atoms with Crippen LogP contribution in [0.5, 0.6) is 0 Å². The van der Waals surface area contributed by atoms with Crippen LogP contribution in [-0.4, -0.2) is 9.36 Å². The lowest BCUT2D eigenvalue weighted by molar-refractivity contribution is 1.08. The highest BCUT2D eigenvalue weighted by Gasteiger charge is 2.14. The van der Waals surface area contributed by atoms with Gasteiger partial charge in [0.05, 0.1) is 12.1 Å². The number of anilines is 2. The first kappa shape index (κ1) is 14.0. The molecule has 0 saturated carbocycles. The van der Waals surface area contributed by atoms with Crippen molar-refractivity contribution in [1.82, 2.24) is 9.36 Å². The van der Waals surface area contributed by atoms with Gasteiger partial charge in [-0.1, -0.05) is 13.0 Å². The smallest absolute Gasteiger partial charge is 0.147 e. The number of aryl methyl sites for hydroxylation is 1. The van der Waals surface area contributed by atoms with Crippen LogP contribution in [0.15, 0.2) is 36.0 Å². The van der Waals surface area contributed by atoms with Crippen molar-refractivity contribution in [2.75, 3.05) is 11.1 Å². The molecule has 0 unspecified atom stereocenters. The van der Waals surface area contributed by atoms with Crippen molar-refractivity contribution in [2.24, 2.45) is 0 Å². The number of nitrogen functional groups attached to an aromatic ring is 1. The molecule has 3 rings (SSSR count). The predicted molar refractivity (Wildman–Crippen MR) is 90.8 cm³/mol. The van der Waals surface area contributed by atoms with Gasteiger partial charge in [-0.15, -0.1) is 11.3 Å². The summed E-state index contributed by atoms with van der Waals surface area (Å²) < 4.78 is 4.27. The van der Waals surface area contributed by atoms with Crippen LogP contribution in [0.3, 0.4) is 0 Å². The monoisotopic (exact) mass is 316 g/mol. The van der Waals surface area contributed by atoms with Crippen LogP contribution in [0, 0.1) is 0 Å². The minimum Gasteiger partial charge on any atom is -0.382 e. The summed E-state index contributed by atoms with van der Waals surface area (Å²) >= 11 is 3.18. The van der Waals surface area contributed by atoms with Crippen LogP contribution >= 0.6 is 22.9 Å². The van der Waals surface area contributed by atoms with E-state index in [0.717, 1.165) is 29.1 Å². The average molecular weight is 316 g/mol. The largest absolute Gasteiger partial charge is 0.382 e. The van der Waals surface area contributed by atoms with Gasteiger partial charge in [-0.25, -0.2) is 0 Å². The fourth-order valence-corrected chi connectivity index (χ4v) is 3.86. The summed E-state index contributed by atoms with van der Waals surface area (Å²) in [6.07, 6.45) is 4.63. The van der Waals surface area contributed by atoms with Crippen molar-refractivity contribution in [3.63, 3.8) is 0 Å². The Labute approximate surface area is 131 Å². The normalized spacial score (nSPS) is 10.7. The maximum absolute atomic E-state index is 6.01. The Morgan fingerprint density at radius 3 is 3.00 bits per heavy atom. The molecule has 0 bridgehead atoms. The maximum atomic E-state index is 6.01. The number of pyridine rings is 1. The zero-order chi connectivity index (χ0) is 14.7. The number of aromatic nitrogens is 2. The molecule has 0 fully saturated rings. The van der Waals surface area contributed by atoms with Crippen LogP contribution in [0.25, 0.3) is 11.1 Å². The molecule has 6 heteroatoms. The van der Waals surface area contributed by atoms with Gasteiger partial charge >= 0.3 is 0 Å². The van der Waals surface area contributed by atoms with E-state index in [0.29, 0.717) is 5.82 Å². The van der Waals surface area contributed by atoms with Crippen molar-refractivity contribution in [2.45, 2.75) is 19.9 Å². The number of nitrogens with one attached hydrogen (secondary N) is 1. The molecule has 3 heterocycles. The summed E-state index contributed by atoms with van der Waals surface area (Å²) in [5.41, 5.74) is 9.35. The van der Waals surface area contributed by atoms with Gasteiger partial charge in [0, 0.05) is 22.8 Å². The average Bonchev–Trinajstić information content (AvgIpc) is 3.12. The van der Waals surface area contributed by atoms with Gasteiger partial charge in [0.2, 0.25) is 0 Å². The van der Waals surface area contributed by atoms with Gasteiger partial charge in [0.1, 0.15) is 10.8 Å². The third-order valence-corrected chi connectivity index (χ3v) is 5.08. The molecule has 0 atom stereocenters. The van der Waals surface area contributed by atoms with E-state index in [9.17, 15) is 0 Å². The Balaban J connectivity index is 1.84. The first-order valence-electron chi connectivity index (χ1n) is 6.74. The van der Waals surface area contributed by atoms with E-state index < -0.39 is 0 Å². The molecule has 0 aliphatic heterocycles. The van der Waals surface area contributed by atoms with E-state index in [4.69, 9.17) is 5.73 Å². The van der Waals surface area contributed by atoms with E-state index in [-0.39, 0.29) is 0 Å². The standard InChI is InChI=1S/C15H16N4S2/c1-2-10-5-7-20-12(10)9-18-15-13(14(16)19-21-15)11-4-3-6-17-8-11/h3-8,18H,2,9H2,1H3,(H2,16,19). The maximum Gasteiger partial charge on any atom is 0.147 e. The van der Waals surface area contributed by atoms with Crippen molar-refractivity contribution in [1.29, 1.82) is 0 Å². The van der Waals surface area contributed by atoms with E-state index in [2.05, 4.69) is 33.0 Å². The molecule has 108 valence electrons. The van der Waals surface area contributed by atoms with E-state index in [1.165, 1.54) is 22.0 Å². The minimum absolute atomic E-state index is 0.553. The first-order valence-corrected chi connectivity index (χ1v) is 8.39. The number of rotatable bonds is 5. The molecule has 0 aliphatic rings. The van der Waals surface area contributed by atoms with Crippen LogP contribution in [0.4, 0.5) is 10.8 Å². The predicted octanol–water partition coefficient (Wildman–Crippen LogP) is 4.02. The third kappa shape index (κ3) is 2.91. The molecule has 3 N–H and O–H groups in total. The van der Waals surface area contributed by atoms with Crippen molar-refractivity contribution >= 4 is 33.7 Å². The highest BCUT2D eigenvalue weighted by Crippen LogP contribution is 2.36. The molecule has 21 heavy (non-hydrogen) atoms. The van der Waals surface area contributed by atoms with E-state index >= 15 is 0 Å². The molecule has 3 aromatic heterocycles. The Hall–Kier alpha value is -1.92. The molecule has 0 saturated heterocycles. The number of thiophene rings is 1. The highest BCUT2D eigenvalue weighted by atomic mass is 32.1. The highest BCUT2D eigenvalue weighted by molar-refractivity contribution is 7.11. The van der Waals surface area contributed by atoms with Crippen LogP contribution in [-0.2, 0) is 13.0 Å². The van der Waals surface area contributed by atoms with Crippen molar-refractivity contribution in [3.8, 4) is 11.1 Å². The lowest BCUT2D eigenvalue weighted by Crippen LogP contribution is -2.00. The Kier molecular flexibility index (Phi) is 4.17. The summed E-state index contributed by atoms with van der Waals surface area (Å²) in [4.78, 5) is 5.52. The zero-order valence-electron chi connectivity index (χ0n) is 11.7. The number of hydrogen-bond donors (Lipinski definition) is 2. The summed E-state index contributed by atoms with van der Waals surface area (Å²) in [5, 5.41) is 6.60. The summed E-state index contributed by atoms with van der Waals surface area (Å²) in [7, 11) is 0. The Morgan fingerprint density at radius 2 is 2.24 bits per heavy atom. The van der Waals surface area contributed by atoms with Crippen LogP contribution < -0.4 is 11.1 Å². The number of hydrogen-bond acceptors (Lipinski definition) is 6. The summed E-state index contributed by atoms with van der Waals surface area (Å²) in [6.45, 7) is 2.98. The molecule has 0 aromatic carbocycles. The molecule has 4 nitrogen and oxygen atoms in total. The van der Waals surface area contributed by atoms with Gasteiger partial charge < -0.3 is 11.1 Å². The fraction of sp³-hybridized carbons (Fsp3) is 0.200. The quantitative estimate of drug-likeness (QED) is 0.746. The Morgan fingerprint density at radius 1 is 1.33 bits per heavy atom. The van der Waals surface area contributed by atoms with Crippen molar-refractivity contribution in [3.05, 3.63) is 46.4 Å². The fourth-order valence-electron chi connectivity index (χ4n) is 2.21. The van der Waals surface area contributed by atoms with Crippen molar-refractivity contribution < 1.29 is 0 Å². The van der Waals surface area contributed by atoms with Gasteiger partial charge in [0.25, 0.3) is 0 Å². The molecular weight excluding hydrogens is 300 g/mol. The third-order valence-electron chi connectivity index (χ3n) is 3.30. The summed E-state index contributed by atoms with van der Waals surface area (Å²) in [5.74, 6) is 0.553. The number of nitrogens with zero attached hydrogens (tertiary/aromatic N) is 2. The van der Waals surface area contributed by atoms with E-state index in [1.54, 1.807) is 17.5 Å². The second-order valence-electron chi connectivity index (χ2n) is 4.59. The minimum atomic E-state index is 0.553. The SMILES string of the molecule is CCc1ccsc1CNc1snc(N)c1-c1cccnc1. The van der Waals surface area contributed by atoms with Gasteiger partial charge in [-0.05, 0) is 41.0 Å². The van der Waals surface area contributed by atoms with E-state index in [1.807, 2.05) is 18.3 Å². The lowest BCUT2D eigenvalue weighted by atomic mass is 10.1. The molecular formula is C15H16N4S2. The van der Waals surface area contributed by atoms with Crippen LogP contribution in [0.1, 0.15) is 17.4 Å². The first-order chi connectivity index (χ1) is 10.3. The summed E-state index contributed by atoms with van der Waals surface area (Å²) in [6, 6.07) is 6.09. The van der Waals surface area contributed by atoms with Gasteiger partial charge in [-0.2, -0.15) is 4.37 Å².